The topological polar surface area (TPSA) is 37.3 Å². The Balaban J connectivity index is 1.47. The fraction of sp³-hybridized carbons (Fsp3) is 0.577. The zero-order chi connectivity index (χ0) is 20.4. The lowest BCUT2D eigenvalue weighted by Gasteiger charge is -2.56. The van der Waals surface area contributed by atoms with Crippen LogP contribution in [0.15, 0.2) is 41.5 Å². The van der Waals surface area contributed by atoms with E-state index in [4.69, 9.17) is 0 Å². The fourth-order valence-corrected chi connectivity index (χ4v) is 7.20. The fourth-order valence-electron chi connectivity index (χ4n) is 7.20. The van der Waals surface area contributed by atoms with Crippen molar-refractivity contribution in [3.63, 3.8) is 0 Å². The number of Topliss-reactive ketones (excluding diaryl/α,β-unsaturated/α-hetero) is 1. The van der Waals surface area contributed by atoms with Gasteiger partial charge in [0.15, 0.2) is 5.78 Å². The van der Waals surface area contributed by atoms with Crippen molar-refractivity contribution in [2.75, 3.05) is 0 Å². The maximum absolute atomic E-state index is 13.4. The molecule has 0 bridgehead atoms. The van der Waals surface area contributed by atoms with Crippen LogP contribution in [0.3, 0.4) is 0 Å². The van der Waals surface area contributed by atoms with Crippen molar-refractivity contribution in [3.8, 4) is 0 Å². The van der Waals surface area contributed by atoms with Crippen molar-refractivity contribution >= 4 is 11.9 Å². The average molecular weight is 395 g/mol. The van der Waals surface area contributed by atoms with Crippen LogP contribution in [0.1, 0.15) is 64.4 Å². The molecule has 5 rings (SSSR count). The molecule has 3 saturated carbocycles. The highest BCUT2D eigenvalue weighted by molar-refractivity contribution is 6.05. The minimum atomic E-state index is -0.261. The van der Waals surface area contributed by atoms with Crippen LogP contribution in [0, 0.1) is 34.4 Å². The van der Waals surface area contributed by atoms with Crippen molar-refractivity contribution in [1.82, 2.24) is 0 Å². The smallest absolute Gasteiger partial charge is 0.165 e. The van der Waals surface area contributed by atoms with Gasteiger partial charge in [-0.25, -0.2) is 4.39 Å². The third-order valence-electron chi connectivity index (χ3n) is 8.93. The first-order valence-electron chi connectivity index (χ1n) is 11.2. The van der Waals surface area contributed by atoms with E-state index in [0.717, 1.165) is 56.1 Å². The molecular weight excluding hydrogens is 363 g/mol. The van der Waals surface area contributed by atoms with Crippen molar-refractivity contribution in [1.29, 1.82) is 0 Å². The minimum Gasteiger partial charge on any atom is -0.393 e. The van der Waals surface area contributed by atoms with E-state index >= 15 is 0 Å². The average Bonchev–Trinajstić information content (AvgIpc) is 2.95. The first-order chi connectivity index (χ1) is 13.8. The summed E-state index contributed by atoms with van der Waals surface area (Å²) in [7, 11) is 0. The molecule has 4 aliphatic carbocycles. The molecule has 1 aromatic carbocycles. The van der Waals surface area contributed by atoms with Crippen LogP contribution in [0.4, 0.5) is 4.39 Å². The lowest BCUT2D eigenvalue weighted by Crippen LogP contribution is -2.50. The highest BCUT2D eigenvalue weighted by Gasteiger charge is 2.59. The summed E-state index contributed by atoms with van der Waals surface area (Å²) in [5, 5.41) is 10.2. The van der Waals surface area contributed by atoms with E-state index in [1.54, 1.807) is 12.1 Å². The van der Waals surface area contributed by atoms with Gasteiger partial charge in [-0.15, -0.1) is 0 Å². The van der Waals surface area contributed by atoms with Gasteiger partial charge in [0, 0.05) is 5.41 Å². The Kier molecular flexibility index (Phi) is 4.40. The zero-order valence-electron chi connectivity index (χ0n) is 17.5. The summed E-state index contributed by atoms with van der Waals surface area (Å²) in [6.45, 7) is 4.60. The second kappa shape index (κ2) is 6.63. The lowest BCUT2D eigenvalue weighted by molar-refractivity contribution is -0.130. The zero-order valence-corrected chi connectivity index (χ0v) is 17.5. The Bertz CT molecular complexity index is 898. The number of fused-ring (bicyclic) bond motifs is 5. The summed E-state index contributed by atoms with van der Waals surface area (Å²) < 4.78 is 13.3. The van der Waals surface area contributed by atoms with Gasteiger partial charge in [-0.1, -0.05) is 37.6 Å². The Hall–Kier alpha value is -1.74. The molecule has 6 atom stereocenters. The first-order valence-corrected chi connectivity index (χ1v) is 11.2. The minimum absolute atomic E-state index is 0.182. The molecule has 4 aliphatic rings. The Morgan fingerprint density at radius 2 is 1.76 bits per heavy atom. The van der Waals surface area contributed by atoms with Crippen LogP contribution in [-0.4, -0.2) is 17.0 Å². The number of halogens is 1. The molecule has 0 radical (unpaired) electrons. The number of rotatable bonds is 1. The van der Waals surface area contributed by atoms with E-state index in [0.29, 0.717) is 23.5 Å². The predicted molar refractivity (Wildman–Crippen MR) is 112 cm³/mol. The monoisotopic (exact) mass is 394 g/mol. The molecule has 3 heteroatoms. The maximum atomic E-state index is 13.4. The third kappa shape index (κ3) is 2.88. The summed E-state index contributed by atoms with van der Waals surface area (Å²) in [6, 6.07) is 6.43. The van der Waals surface area contributed by atoms with Gasteiger partial charge in [0.1, 0.15) is 5.82 Å². The number of hydrogen-bond acceptors (Lipinski definition) is 2. The first kappa shape index (κ1) is 19.2. The van der Waals surface area contributed by atoms with E-state index in [-0.39, 0.29) is 22.8 Å². The van der Waals surface area contributed by atoms with E-state index in [1.165, 1.54) is 17.7 Å². The Labute approximate surface area is 172 Å². The molecule has 0 amide bonds. The van der Waals surface area contributed by atoms with Crippen LogP contribution in [-0.2, 0) is 4.79 Å². The number of allylic oxidation sites excluding steroid dienone is 2. The molecule has 2 nitrogen and oxygen atoms in total. The van der Waals surface area contributed by atoms with Crippen molar-refractivity contribution in [3.05, 3.63) is 52.9 Å². The van der Waals surface area contributed by atoms with Crippen molar-refractivity contribution in [2.24, 2.45) is 28.6 Å². The van der Waals surface area contributed by atoms with E-state index in [1.807, 2.05) is 6.08 Å². The molecule has 154 valence electrons. The summed E-state index contributed by atoms with van der Waals surface area (Å²) in [5.41, 5.74) is 3.22. The summed E-state index contributed by atoms with van der Waals surface area (Å²) in [4.78, 5) is 13.4. The van der Waals surface area contributed by atoms with Crippen molar-refractivity contribution in [2.45, 2.75) is 64.9 Å². The third-order valence-corrected chi connectivity index (χ3v) is 8.93. The van der Waals surface area contributed by atoms with Crippen LogP contribution >= 0.6 is 0 Å². The number of aliphatic hydroxyl groups is 1. The Morgan fingerprint density at radius 1 is 1.03 bits per heavy atom. The molecule has 1 aromatic rings. The number of carbonyl (C=O) groups is 1. The highest BCUT2D eigenvalue weighted by Crippen LogP contribution is 2.64. The molecule has 1 N–H and O–H groups in total. The standard InChI is InChI=1S/C26H31FO2/c1-25-11-9-20(28)15-18(25)5-8-21-22(25)10-12-26(2)23(21)14-17(24(26)29)13-16-3-6-19(27)7-4-16/h3-7,13,20-23,28H,8-12,14-15H2,1-2H3/t20-,21+,22-,23+,25+,26+/m0/s1. The molecule has 29 heavy (non-hydrogen) atoms. The van der Waals surface area contributed by atoms with Gasteiger partial charge in [-0.3, -0.25) is 4.79 Å². The molecule has 0 aromatic heterocycles. The Morgan fingerprint density at radius 3 is 2.52 bits per heavy atom. The maximum Gasteiger partial charge on any atom is 0.165 e. The van der Waals surface area contributed by atoms with Crippen LogP contribution in [0.5, 0.6) is 0 Å². The van der Waals surface area contributed by atoms with Gasteiger partial charge in [0.2, 0.25) is 0 Å². The van der Waals surface area contributed by atoms with E-state index in [2.05, 4.69) is 19.9 Å². The number of hydrogen-bond donors (Lipinski definition) is 1. The van der Waals surface area contributed by atoms with Gasteiger partial charge >= 0.3 is 0 Å². The number of ketones is 1. The van der Waals surface area contributed by atoms with Gasteiger partial charge in [-0.05, 0) is 97.5 Å². The van der Waals surface area contributed by atoms with Crippen LogP contribution in [0.25, 0.3) is 6.08 Å². The number of carbonyl (C=O) groups excluding carboxylic acids is 1. The van der Waals surface area contributed by atoms with Crippen LogP contribution < -0.4 is 0 Å². The van der Waals surface area contributed by atoms with Gasteiger partial charge in [0.25, 0.3) is 0 Å². The summed E-state index contributed by atoms with van der Waals surface area (Å²) in [6.07, 6.45) is 11.0. The molecular formula is C26H31FO2. The molecule has 0 spiro atoms. The normalized spacial score (nSPS) is 42.8. The summed E-state index contributed by atoms with van der Waals surface area (Å²) in [5.74, 6) is 1.61. The highest BCUT2D eigenvalue weighted by atomic mass is 19.1. The number of benzene rings is 1. The molecule has 0 saturated heterocycles. The molecule has 3 fully saturated rings. The second-order valence-electron chi connectivity index (χ2n) is 10.4. The SMILES string of the molecule is C[C@@]12CC[C@H]3[C@@H](CC=C4C[C@@H](O)CC[C@]43C)[C@H]1CC(=Cc1ccc(F)cc1)C2=O. The van der Waals surface area contributed by atoms with Gasteiger partial charge < -0.3 is 5.11 Å². The van der Waals surface area contributed by atoms with Gasteiger partial charge in [0.05, 0.1) is 6.10 Å². The molecule has 0 unspecified atom stereocenters. The van der Waals surface area contributed by atoms with Gasteiger partial charge in [-0.2, -0.15) is 0 Å². The van der Waals surface area contributed by atoms with Crippen LogP contribution in [0.2, 0.25) is 0 Å². The quantitative estimate of drug-likeness (QED) is 0.489. The lowest BCUT2D eigenvalue weighted by atomic mass is 9.48. The van der Waals surface area contributed by atoms with E-state index < -0.39 is 0 Å². The summed E-state index contributed by atoms with van der Waals surface area (Å²) >= 11 is 0. The molecule has 0 aliphatic heterocycles. The largest absolute Gasteiger partial charge is 0.393 e. The second-order valence-corrected chi connectivity index (χ2v) is 10.4. The van der Waals surface area contributed by atoms with Crippen molar-refractivity contribution < 1.29 is 14.3 Å². The molecule has 0 heterocycles. The van der Waals surface area contributed by atoms with E-state index in [9.17, 15) is 14.3 Å². The number of aliphatic hydroxyl groups excluding tert-OH is 1. The predicted octanol–water partition coefficient (Wildman–Crippen LogP) is 5.71.